The molecule has 0 radical (unpaired) electrons. The maximum atomic E-state index is 12.2. The fraction of sp³-hybridized carbons (Fsp3) is 0.636. The Bertz CT molecular complexity index is 622. The van der Waals surface area contributed by atoms with E-state index in [-0.39, 0.29) is 24.8 Å². The van der Waals surface area contributed by atoms with Gasteiger partial charge in [-0.2, -0.15) is 0 Å². The monoisotopic (exact) mass is 494 g/mol. The number of unbranched alkanes of at least 4 members (excludes halogenated alkanes) is 2. The van der Waals surface area contributed by atoms with Gasteiger partial charge in [0.1, 0.15) is 17.7 Å². The van der Waals surface area contributed by atoms with E-state index in [1.54, 1.807) is 13.8 Å². The predicted octanol–water partition coefficient (Wildman–Crippen LogP) is 4.06. The van der Waals surface area contributed by atoms with Gasteiger partial charge in [-0.05, 0) is 32.3 Å². The molecule has 0 aliphatic carbocycles. The summed E-state index contributed by atoms with van der Waals surface area (Å²) in [7, 11) is 0. The van der Waals surface area contributed by atoms with Crippen LogP contribution in [0.4, 0.5) is 9.59 Å². The van der Waals surface area contributed by atoms with Crippen LogP contribution in [0.3, 0.4) is 0 Å². The maximum Gasteiger partial charge on any atom is 0.407 e. The molecule has 8 nitrogen and oxygen atoms in total. The van der Waals surface area contributed by atoms with Gasteiger partial charge in [0.15, 0.2) is 0 Å². The first-order valence-electron chi connectivity index (χ1n) is 10.8. The molecule has 0 heterocycles. The van der Waals surface area contributed by atoms with Crippen molar-refractivity contribution in [1.29, 1.82) is 0 Å². The lowest BCUT2D eigenvalue weighted by Crippen LogP contribution is -2.66. The van der Waals surface area contributed by atoms with E-state index in [0.29, 0.717) is 13.1 Å². The van der Waals surface area contributed by atoms with Gasteiger partial charge < -0.3 is 31.6 Å². The molecule has 0 spiro atoms. The smallest absolute Gasteiger partial charge is 0.407 e. The van der Waals surface area contributed by atoms with Crippen LogP contribution in [0.25, 0.3) is 0 Å². The van der Waals surface area contributed by atoms with Crippen molar-refractivity contribution in [3.8, 4) is 0 Å². The van der Waals surface area contributed by atoms with Crippen molar-refractivity contribution in [1.82, 2.24) is 10.6 Å². The minimum Gasteiger partial charge on any atom is -0.444 e. The number of carbonyl (C=O) groups is 2. The van der Waals surface area contributed by atoms with Crippen molar-refractivity contribution in [2.45, 2.75) is 77.2 Å². The average molecular weight is 495 g/mol. The lowest BCUT2D eigenvalue weighted by Gasteiger charge is -2.43. The van der Waals surface area contributed by atoms with Gasteiger partial charge in [-0.25, -0.2) is 9.59 Å². The molecule has 0 aromatic heterocycles. The molecule has 186 valence electrons. The maximum absolute atomic E-state index is 12.2. The Morgan fingerprint density at radius 2 is 1.31 bits per heavy atom. The van der Waals surface area contributed by atoms with Gasteiger partial charge in [0.2, 0.25) is 0 Å². The number of hydrogen-bond donors (Lipinski definition) is 4. The summed E-state index contributed by atoms with van der Waals surface area (Å²) in [6.45, 7) is 8.41. The molecule has 0 saturated carbocycles. The first-order chi connectivity index (χ1) is 14.3. The third-order valence-electron chi connectivity index (χ3n) is 5.27. The number of amides is 2. The Labute approximate surface area is 204 Å². The molecule has 3 atom stereocenters. The molecule has 0 saturated heterocycles. The average Bonchev–Trinajstić information content (AvgIpc) is 2.73. The van der Waals surface area contributed by atoms with Crippen molar-refractivity contribution in [3.05, 3.63) is 35.9 Å². The van der Waals surface area contributed by atoms with E-state index < -0.39 is 36.0 Å². The third kappa shape index (κ3) is 9.81. The van der Waals surface area contributed by atoms with Crippen LogP contribution in [0.2, 0.25) is 0 Å². The number of nitrogens with one attached hydrogen (secondary N) is 2. The van der Waals surface area contributed by atoms with Gasteiger partial charge >= 0.3 is 12.2 Å². The van der Waals surface area contributed by atoms with Crippen LogP contribution in [0.5, 0.6) is 0 Å². The summed E-state index contributed by atoms with van der Waals surface area (Å²) < 4.78 is 11.1. The molecular weight excluding hydrogens is 455 g/mol. The number of rotatable bonds is 12. The van der Waals surface area contributed by atoms with Crippen LogP contribution in [-0.4, -0.2) is 43.0 Å². The number of ether oxygens (including phenoxy) is 2. The van der Waals surface area contributed by atoms with Crippen LogP contribution < -0.4 is 22.1 Å². The molecule has 6 N–H and O–H groups in total. The first-order valence-corrected chi connectivity index (χ1v) is 10.8. The molecule has 32 heavy (non-hydrogen) atoms. The Balaban J connectivity index is 0. The molecule has 0 aliphatic heterocycles. The largest absolute Gasteiger partial charge is 0.444 e. The van der Waals surface area contributed by atoms with E-state index in [1.807, 2.05) is 44.2 Å². The molecule has 0 fully saturated rings. The second kappa shape index (κ2) is 16.8. The van der Waals surface area contributed by atoms with Gasteiger partial charge in [0.25, 0.3) is 0 Å². The minimum atomic E-state index is -1.36. The van der Waals surface area contributed by atoms with Crippen LogP contribution in [0, 0.1) is 0 Å². The van der Waals surface area contributed by atoms with Crippen molar-refractivity contribution < 1.29 is 19.1 Å². The van der Waals surface area contributed by atoms with Gasteiger partial charge in [-0.1, -0.05) is 57.0 Å². The van der Waals surface area contributed by atoms with Crippen LogP contribution in [-0.2, 0) is 9.47 Å². The Morgan fingerprint density at radius 1 is 0.906 bits per heavy atom. The van der Waals surface area contributed by atoms with E-state index >= 15 is 0 Å². The molecule has 2 amide bonds. The zero-order valence-electron chi connectivity index (χ0n) is 19.5. The zero-order valence-corrected chi connectivity index (χ0v) is 21.1. The highest BCUT2D eigenvalue weighted by atomic mass is 35.5. The quantitative estimate of drug-likeness (QED) is 0.324. The Hall–Kier alpha value is -1.74. The number of carbonyl (C=O) groups excluding carboxylic acids is 2. The number of benzene rings is 1. The summed E-state index contributed by atoms with van der Waals surface area (Å²) >= 11 is 0. The number of nitrogens with two attached hydrogens (primary N) is 2. The number of alkyl carbamates (subject to hydrolysis) is 2. The predicted molar refractivity (Wildman–Crippen MR) is 132 cm³/mol. The third-order valence-corrected chi connectivity index (χ3v) is 5.27. The van der Waals surface area contributed by atoms with Crippen molar-refractivity contribution >= 4 is 37.0 Å². The normalized spacial score (nSPS) is 14.9. The van der Waals surface area contributed by atoms with E-state index in [1.165, 1.54) is 0 Å². The van der Waals surface area contributed by atoms with Crippen LogP contribution >= 0.6 is 24.8 Å². The van der Waals surface area contributed by atoms with Crippen molar-refractivity contribution in [3.63, 3.8) is 0 Å². The fourth-order valence-corrected chi connectivity index (χ4v) is 3.13. The molecule has 1 rings (SSSR count). The summed E-state index contributed by atoms with van der Waals surface area (Å²) in [5.74, 6) is 0. The molecule has 1 aromatic rings. The highest BCUT2D eigenvalue weighted by Gasteiger charge is 2.48. The second-order valence-electron chi connectivity index (χ2n) is 7.54. The van der Waals surface area contributed by atoms with Gasteiger partial charge in [0.05, 0.1) is 6.04 Å². The Kier molecular flexibility index (Phi) is 17.1. The number of hydrogen-bond acceptors (Lipinski definition) is 6. The zero-order chi connectivity index (χ0) is 22.6. The van der Waals surface area contributed by atoms with E-state index in [2.05, 4.69) is 10.6 Å². The van der Waals surface area contributed by atoms with Crippen molar-refractivity contribution in [2.24, 2.45) is 11.5 Å². The van der Waals surface area contributed by atoms with Gasteiger partial charge in [0, 0.05) is 13.1 Å². The lowest BCUT2D eigenvalue weighted by atomic mass is 9.78. The standard InChI is InChI=1S/C22H38N4O4.2ClH/c1-5-7-14-25-20(27)29-16(3)22(24,19(23)18-12-10-9-11-13-18)17(4)30-21(28)26-15-8-6-2;;/h9-13,16-17,19H,5-8,14-15,23-24H2,1-4H3,(H,25,27)(H,26,28);2*1H. The molecule has 1 aromatic carbocycles. The summed E-state index contributed by atoms with van der Waals surface area (Å²) in [6.07, 6.45) is 0.786. The van der Waals surface area contributed by atoms with Gasteiger partial charge in [-0.15, -0.1) is 24.8 Å². The molecule has 3 unspecified atom stereocenters. The molecule has 10 heteroatoms. The summed E-state index contributed by atoms with van der Waals surface area (Å²) in [5, 5.41) is 5.40. The Morgan fingerprint density at radius 3 is 1.69 bits per heavy atom. The summed E-state index contributed by atoms with van der Waals surface area (Å²) in [5.41, 5.74) is 12.7. The first kappa shape index (κ1) is 32.4. The summed E-state index contributed by atoms with van der Waals surface area (Å²) in [6, 6.07) is 8.51. The topological polar surface area (TPSA) is 129 Å². The van der Waals surface area contributed by atoms with E-state index in [0.717, 1.165) is 31.2 Å². The molecular formula is C22H40Cl2N4O4. The molecule has 0 aliphatic rings. The van der Waals surface area contributed by atoms with E-state index in [9.17, 15) is 9.59 Å². The van der Waals surface area contributed by atoms with Gasteiger partial charge in [-0.3, -0.25) is 0 Å². The summed E-state index contributed by atoms with van der Waals surface area (Å²) in [4.78, 5) is 24.4. The molecule has 0 bridgehead atoms. The minimum absolute atomic E-state index is 0. The fourth-order valence-electron chi connectivity index (χ4n) is 3.13. The van der Waals surface area contributed by atoms with Crippen molar-refractivity contribution in [2.75, 3.05) is 13.1 Å². The van der Waals surface area contributed by atoms with E-state index in [4.69, 9.17) is 20.9 Å². The highest BCUT2D eigenvalue weighted by molar-refractivity contribution is 5.85. The van der Waals surface area contributed by atoms with Crippen LogP contribution in [0.1, 0.15) is 65.0 Å². The highest BCUT2D eigenvalue weighted by Crippen LogP contribution is 2.31. The second-order valence-corrected chi connectivity index (χ2v) is 7.54. The SMILES string of the molecule is CCCCNC(=O)OC(C)C(N)(C(C)OC(=O)NCCCC)C(N)c1ccccc1.Cl.Cl. The van der Waals surface area contributed by atoms with Crippen LogP contribution in [0.15, 0.2) is 30.3 Å². The number of halogens is 2. The lowest BCUT2D eigenvalue weighted by molar-refractivity contribution is -0.0256.